The Morgan fingerprint density at radius 3 is 2.22 bits per heavy atom. The number of hydrogen-bond acceptors (Lipinski definition) is 4. The van der Waals surface area contributed by atoms with Crippen LogP contribution in [0.25, 0.3) is 0 Å². The van der Waals surface area contributed by atoms with Crippen LogP contribution in [0.4, 0.5) is 0 Å². The fourth-order valence-corrected chi connectivity index (χ4v) is 7.53. The van der Waals surface area contributed by atoms with E-state index in [1.165, 1.54) is 4.90 Å². The van der Waals surface area contributed by atoms with Crippen molar-refractivity contribution in [3.63, 3.8) is 0 Å². The molecular weight excluding hydrogens is 310 g/mol. The Morgan fingerprint density at radius 2 is 1.65 bits per heavy atom. The van der Waals surface area contributed by atoms with Crippen LogP contribution in [0.1, 0.15) is 11.1 Å². The van der Waals surface area contributed by atoms with Gasteiger partial charge in [0.1, 0.15) is 5.92 Å². The van der Waals surface area contributed by atoms with Crippen molar-refractivity contribution >= 4 is 19.9 Å². The highest BCUT2D eigenvalue weighted by Gasteiger charge is 2.80. The molecule has 2 fully saturated rings. The molecule has 3 aliphatic heterocycles. The number of carbonyl (C=O) groups excluding carboxylic acids is 2. The van der Waals surface area contributed by atoms with E-state index < -0.39 is 30.9 Å². The number of carbonyl (C=O) groups is 2. The largest absolute Gasteiger partial charge is 0.349 e. The summed E-state index contributed by atoms with van der Waals surface area (Å²) in [5.74, 6) is -2.56. The van der Waals surface area contributed by atoms with Gasteiger partial charge in [-0.1, -0.05) is 43.9 Å². The lowest BCUT2D eigenvalue weighted by atomic mass is 9.74. The van der Waals surface area contributed by atoms with Crippen molar-refractivity contribution in [3.8, 4) is 0 Å². The molecule has 122 valence electrons. The van der Waals surface area contributed by atoms with Gasteiger partial charge in [-0.25, -0.2) is 0 Å². The molecule has 5 nitrogen and oxygen atoms in total. The molecule has 0 spiro atoms. The van der Waals surface area contributed by atoms with Crippen molar-refractivity contribution in [1.29, 1.82) is 0 Å². The third-order valence-electron chi connectivity index (χ3n) is 5.81. The van der Waals surface area contributed by atoms with Crippen molar-refractivity contribution in [2.24, 2.45) is 11.8 Å². The summed E-state index contributed by atoms with van der Waals surface area (Å²) in [5, 5.41) is -0.720. The average molecular weight is 331 g/mol. The number of rotatable bonds is 2. The number of benzene rings is 1. The highest BCUT2D eigenvalue weighted by Crippen LogP contribution is 2.69. The van der Waals surface area contributed by atoms with Crippen LogP contribution >= 0.6 is 0 Å². The number of methoxy groups -OCH3 is 1. The minimum atomic E-state index is -2.04. The number of imide groups is 1. The normalized spacial score (nSPS) is 38.2. The summed E-state index contributed by atoms with van der Waals surface area (Å²) in [6.45, 7) is 6.57. The zero-order chi connectivity index (χ0) is 16.8. The first-order valence-corrected chi connectivity index (χ1v) is 11.4. The maximum Gasteiger partial charge on any atom is 0.238 e. The van der Waals surface area contributed by atoms with Gasteiger partial charge in [0.2, 0.25) is 17.6 Å². The summed E-state index contributed by atoms with van der Waals surface area (Å²) in [6, 6.07) is 7.89. The molecule has 4 atom stereocenters. The fraction of sp³-hybridized carbons (Fsp3) is 0.529. The highest BCUT2D eigenvalue weighted by molar-refractivity contribution is 6.79. The van der Waals surface area contributed by atoms with Gasteiger partial charge in [-0.2, -0.15) is 0 Å². The Bertz CT molecular complexity index is 742. The maximum atomic E-state index is 12.9. The van der Waals surface area contributed by atoms with E-state index >= 15 is 0 Å². The van der Waals surface area contributed by atoms with E-state index in [1.807, 2.05) is 24.3 Å². The molecule has 3 heterocycles. The lowest BCUT2D eigenvalue weighted by Gasteiger charge is -2.41. The summed E-state index contributed by atoms with van der Waals surface area (Å²) in [7, 11) is 1.09. The molecule has 0 aliphatic carbocycles. The Balaban J connectivity index is 2.10. The van der Waals surface area contributed by atoms with Crippen LogP contribution in [0.5, 0.6) is 0 Å². The van der Waals surface area contributed by atoms with Crippen LogP contribution in [0.2, 0.25) is 19.6 Å². The van der Waals surface area contributed by atoms with Gasteiger partial charge in [0, 0.05) is 19.7 Å². The zero-order valence-corrected chi connectivity index (χ0v) is 15.0. The number of hydrogen-bond donors (Lipinski definition) is 0. The average Bonchev–Trinajstić information content (AvgIpc) is 3.08. The lowest BCUT2D eigenvalue weighted by Crippen LogP contribution is -2.55. The predicted octanol–water partition coefficient (Wildman–Crippen LogP) is 1.83. The van der Waals surface area contributed by atoms with Gasteiger partial charge < -0.3 is 9.47 Å². The molecule has 2 bridgehead atoms. The smallest absolute Gasteiger partial charge is 0.238 e. The Kier molecular flexibility index (Phi) is 2.69. The molecule has 0 aromatic heterocycles. The number of amides is 2. The molecule has 23 heavy (non-hydrogen) atoms. The number of likely N-dealkylation sites (tertiary alicyclic amines) is 1. The van der Waals surface area contributed by atoms with E-state index in [4.69, 9.17) is 9.47 Å². The van der Waals surface area contributed by atoms with E-state index in [9.17, 15) is 9.59 Å². The first kappa shape index (κ1) is 15.0. The van der Waals surface area contributed by atoms with Gasteiger partial charge in [0.25, 0.3) is 0 Å². The number of nitrogens with zero attached hydrogens (tertiary/aromatic N) is 1. The number of fused-ring (bicyclic) bond motifs is 8. The van der Waals surface area contributed by atoms with Crippen LogP contribution in [0.3, 0.4) is 0 Å². The van der Waals surface area contributed by atoms with Crippen LogP contribution in [0.15, 0.2) is 24.3 Å². The Hall–Kier alpha value is -1.50. The molecule has 6 heteroatoms. The second kappa shape index (κ2) is 4.12. The standard InChI is InChI=1S/C17H21NO4Si/c1-18-14(19)12-13(15(18)20)17(23(3,4)5)11-9-7-6-8-10(11)16(12,21-2)22-17/h6-9,12-13H,1-5H3/t12-,13+,16+,17+/m0/s1. The van der Waals surface area contributed by atoms with Crippen molar-refractivity contribution in [1.82, 2.24) is 4.90 Å². The molecule has 2 amide bonds. The molecule has 0 saturated carbocycles. The van der Waals surface area contributed by atoms with Gasteiger partial charge in [-0.3, -0.25) is 14.5 Å². The molecule has 3 aliphatic rings. The summed E-state index contributed by atoms with van der Waals surface area (Å²) in [6.07, 6.45) is 0. The second-order valence-corrected chi connectivity index (χ2v) is 12.9. The van der Waals surface area contributed by atoms with E-state index in [0.717, 1.165) is 11.1 Å². The zero-order valence-electron chi connectivity index (χ0n) is 14.0. The van der Waals surface area contributed by atoms with Crippen molar-refractivity contribution in [3.05, 3.63) is 35.4 Å². The third-order valence-corrected chi connectivity index (χ3v) is 8.72. The van der Waals surface area contributed by atoms with Gasteiger partial charge in [0.05, 0.1) is 19.2 Å². The van der Waals surface area contributed by atoms with Gasteiger partial charge >= 0.3 is 0 Å². The van der Waals surface area contributed by atoms with Crippen LogP contribution in [-0.2, 0) is 30.1 Å². The molecular formula is C17H21NO4Si. The first-order valence-electron chi connectivity index (χ1n) is 7.89. The number of ether oxygens (including phenoxy) is 2. The van der Waals surface area contributed by atoms with Crippen LogP contribution in [0, 0.1) is 11.8 Å². The van der Waals surface area contributed by atoms with Crippen LogP contribution in [-0.4, -0.2) is 38.9 Å². The van der Waals surface area contributed by atoms with Crippen LogP contribution < -0.4 is 0 Å². The van der Waals surface area contributed by atoms with E-state index in [-0.39, 0.29) is 11.8 Å². The quantitative estimate of drug-likeness (QED) is 0.613. The van der Waals surface area contributed by atoms with Crippen molar-refractivity contribution < 1.29 is 19.1 Å². The Labute approximate surface area is 136 Å². The molecule has 4 rings (SSSR count). The molecule has 1 aromatic carbocycles. The van der Waals surface area contributed by atoms with E-state index in [2.05, 4.69) is 19.6 Å². The summed E-state index contributed by atoms with van der Waals surface area (Å²) in [5.41, 5.74) is 1.93. The third kappa shape index (κ3) is 1.37. The van der Waals surface area contributed by atoms with E-state index in [0.29, 0.717) is 0 Å². The first-order chi connectivity index (χ1) is 10.7. The summed E-state index contributed by atoms with van der Waals surface area (Å²) < 4.78 is 12.4. The molecule has 2 saturated heterocycles. The molecule has 0 radical (unpaired) electrons. The van der Waals surface area contributed by atoms with Crippen molar-refractivity contribution in [2.75, 3.05) is 14.2 Å². The summed E-state index contributed by atoms with van der Waals surface area (Å²) >= 11 is 0. The second-order valence-electron chi connectivity index (χ2n) is 7.70. The van der Waals surface area contributed by atoms with E-state index in [1.54, 1.807) is 14.2 Å². The highest BCUT2D eigenvalue weighted by atomic mass is 28.3. The maximum absolute atomic E-state index is 12.9. The molecule has 1 aromatic rings. The molecule has 0 unspecified atom stereocenters. The topological polar surface area (TPSA) is 55.8 Å². The van der Waals surface area contributed by atoms with Gasteiger partial charge in [-0.15, -0.1) is 0 Å². The van der Waals surface area contributed by atoms with Gasteiger partial charge in [0.15, 0.2) is 0 Å². The lowest BCUT2D eigenvalue weighted by molar-refractivity contribution is -0.236. The monoisotopic (exact) mass is 331 g/mol. The minimum Gasteiger partial charge on any atom is -0.349 e. The fourth-order valence-electron chi connectivity index (χ4n) is 4.83. The Morgan fingerprint density at radius 1 is 1.09 bits per heavy atom. The van der Waals surface area contributed by atoms with Crippen molar-refractivity contribution in [2.45, 2.75) is 30.7 Å². The molecule has 0 N–H and O–H groups in total. The SMILES string of the molecule is CO[C@@]12O[C@@]([Si](C)(C)C)(c3ccccc31)[C@H]1C(=O)N(C)C(=O)[C@H]12. The summed E-state index contributed by atoms with van der Waals surface area (Å²) in [4.78, 5) is 26.9. The van der Waals surface area contributed by atoms with Gasteiger partial charge in [-0.05, 0) is 5.56 Å². The minimum absolute atomic E-state index is 0.143. The predicted molar refractivity (Wildman–Crippen MR) is 86.0 cm³/mol.